The number of nitrogens with one attached hydrogen (secondary N) is 1. The van der Waals surface area contributed by atoms with Gasteiger partial charge in [0.05, 0.1) is 18.1 Å². The van der Waals surface area contributed by atoms with E-state index in [0.717, 1.165) is 11.1 Å². The van der Waals surface area contributed by atoms with Crippen molar-refractivity contribution in [1.82, 2.24) is 9.62 Å². The quantitative estimate of drug-likeness (QED) is 0.530. The van der Waals surface area contributed by atoms with E-state index in [0.29, 0.717) is 50.8 Å². The normalized spacial score (nSPS) is 14.5. The fourth-order valence-corrected chi connectivity index (χ4v) is 4.86. The van der Waals surface area contributed by atoms with Crippen molar-refractivity contribution in [2.45, 2.75) is 18.0 Å². The van der Waals surface area contributed by atoms with E-state index < -0.39 is 10.0 Å². The second-order valence-corrected chi connectivity index (χ2v) is 9.72. The van der Waals surface area contributed by atoms with Gasteiger partial charge in [0.2, 0.25) is 10.0 Å². The van der Waals surface area contributed by atoms with Gasteiger partial charge in [0.25, 0.3) is 5.91 Å². The number of carbonyl (C=O) groups is 1. The fraction of sp³-hybridized carbons (Fsp3) is 0.240. The van der Waals surface area contributed by atoms with Crippen LogP contribution in [0.4, 0.5) is 4.39 Å². The van der Waals surface area contributed by atoms with Gasteiger partial charge in [-0.25, -0.2) is 12.8 Å². The Morgan fingerprint density at radius 1 is 0.912 bits per heavy atom. The Labute approximate surface area is 198 Å². The van der Waals surface area contributed by atoms with E-state index in [-0.39, 0.29) is 16.6 Å². The number of rotatable bonds is 8. The van der Waals surface area contributed by atoms with Crippen LogP contribution in [0, 0.1) is 5.82 Å². The first-order valence-corrected chi connectivity index (χ1v) is 12.3. The summed E-state index contributed by atoms with van der Waals surface area (Å²) in [5.74, 6) is 0.0764. The lowest BCUT2D eigenvalue weighted by atomic mass is 10.2. The molecule has 1 aliphatic heterocycles. The van der Waals surface area contributed by atoms with E-state index in [1.54, 1.807) is 24.3 Å². The molecule has 0 atom stereocenters. The Kier molecular flexibility index (Phi) is 7.56. The van der Waals surface area contributed by atoms with Gasteiger partial charge in [-0.05, 0) is 59.7 Å². The smallest absolute Gasteiger partial charge is 0.251 e. The van der Waals surface area contributed by atoms with Crippen molar-refractivity contribution in [3.63, 3.8) is 0 Å². The Balaban J connectivity index is 1.28. The predicted molar refractivity (Wildman–Crippen MR) is 124 cm³/mol. The zero-order chi connectivity index (χ0) is 24.0. The van der Waals surface area contributed by atoms with Crippen LogP contribution in [0.25, 0.3) is 0 Å². The number of carbonyl (C=O) groups excluding carboxylic acids is 1. The van der Waals surface area contributed by atoms with Gasteiger partial charge >= 0.3 is 0 Å². The van der Waals surface area contributed by atoms with Crippen molar-refractivity contribution in [1.29, 1.82) is 0 Å². The molecule has 3 aromatic rings. The molecule has 0 aromatic heterocycles. The minimum Gasteiger partial charge on any atom is -0.489 e. The Hall–Kier alpha value is -3.27. The molecule has 178 valence electrons. The molecule has 0 saturated carbocycles. The molecule has 1 saturated heterocycles. The molecule has 0 aliphatic carbocycles. The Bertz CT molecular complexity index is 1210. The first-order valence-electron chi connectivity index (χ1n) is 10.8. The number of hydrogen-bond acceptors (Lipinski definition) is 5. The molecule has 4 rings (SSSR count). The molecule has 0 spiro atoms. The molecule has 7 nitrogen and oxygen atoms in total. The highest BCUT2D eigenvalue weighted by molar-refractivity contribution is 7.89. The molecular formula is C25H25FN2O5S. The summed E-state index contributed by atoms with van der Waals surface area (Å²) < 4.78 is 50.6. The van der Waals surface area contributed by atoms with E-state index in [2.05, 4.69) is 5.32 Å². The number of sulfonamides is 1. The minimum atomic E-state index is -3.60. The van der Waals surface area contributed by atoms with E-state index in [1.165, 1.54) is 40.7 Å². The summed E-state index contributed by atoms with van der Waals surface area (Å²) in [7, 11) is -3.60. The molecule has 1 N–H and O–H groups in total. The van der Waals surface area contributed by atoms with Crippen LogP contribution in [0.1, 0.15) is 21.5 Å². The number of benzene rings is 3. The van der Waals surface area contributed by atoms with Crippen molar-refractivity contribution in [3.05, 3.63) is 95.3 Å². The molecule has 9 heteroatoms. The molecule has 1 fully saturated rings. The molecule has 34 heavy (non-hydrogen) atoms. The van der Waals surface area contributed by atoms with E-state index in [1.807, 2.05) is 12.1 Å². The third kappa shape index (κ3) is 5.99. The monoisotopic (exact) mass is 484 g/mol. The highest BCUT2D eigenvalue weighted by Crippen LogP contribution is 2.18. The van der Waals surface area contributed by atoms with E-state index in [4.69, 9.17) is 9.47 Å². The number of hydrogen-bond donors (Lipinski definition) is 1. The van der Waals surface area contributed by atoms with E-state index in [9.17, 15) is 17.6 Å². The van der Waals surface area contributed by atoms with Gasteiger partial charge in [0, 0.05) is 25.2 Å². The van der Waals surface area contributed by atoms with Gasteiger partial charge in [-0.15, -0.1) is 0 Å². The van der Waals surface area contributed by atoms with E-state index >= 15 is 0 Å². The first-order chi connectivity index (χ1) is 16.4. The topological polar surface area (TPSA) is 84.9 Å². The van der Waals surface area contributed by atoms with Crippen LogP contribution in [0.3, 0.4) is 0 Å². The predicted octanol–water partition coefficient (Wildman–Crippen LogP) is 3.36. The summed E-state index contributed by atoms with van der Waals surface area (Å²) in [6, 6.07) is 19.3. The fourth-order valence-electron chi connectivity index (χ4n) is 3.45. The highest BCUT2D eigenvalue weighted by atomic mass is 32.2. The maximum Gasteiger partial charge on any atom is 0.251 e. The lowest BCUT2D eigenvalue weighted by Crippen LogP contribution is -2.40. The van der Waals surface area contributed by atoms with Gasteiger partial charge in [-0.1, -0.05) is 24.3 Å². The summed E-state index contributed by atoms with van der Waals surface area (Å²) in [4.78, 5) is 12.6. The summed E-state index contributed by atoms with van der Waals surface area (Å²) in [5.41, 5.74) is 2.12. The van der Waals surface area contributed by atoms with Gasteiger partial charge in [-0.2, -0.15) is 4.31 Å². The molecule has 0 unspecified atom stereocenters. The molecule has 0 bridgehead atoms. The van der Waals surface area contributed by atoms with Crippen LogP contribution in [0.5, 0.6) is 5.75 Å². The lowest BCUT2D eigenvalue weighted by molar-refractivity contribution is 0.0730. The van der Waals surface area contributed by atoms with Crippen LogP contribution >= 0.6 is 0 Å². The third-order valence-electron chi connectivity index (χ3n) is 5.42. The standard InChI is InChI=1S/C25H25FN2O5S/c26-22-7-1-20(2-8-22)18-33-23-9-3-19(4-10-23)17-27-25(29)21-5-11-24(12-6-21)34(30,31)28-13-15-32-16-14-28/h1-12H,13-18H2,(H,27,29). The minimum absolute atomic E-state index is 0.155. The van der Waals surface area contributed by atoms with Gasteiger partial charge in [-0.3, -0.25) is 4.79 Å². The summed E-state index contributed by atoms with van der Waals surface area (Å²) in [6.07, 6.45) is 0. The molecule has 1 amide bonds. The van der Waals surface area contributed by atoms with Crippen molar-refractivity contribution in [3.8, 4) is 5.75 Å². The number of nitrogens with zero attached hydrogens (tertiary/aromatic N) is 1. The van der Waals surface area contributed by atoms with Crippen LogP contribution < -0.4 is 10.1 Å². The molecule has 1 aliphatic rings. The number of ether oxygens (including phenoxy) is 2. The van der Waals surface area contributed by atoms with Crippen LogP contribution in [-0.4, -0.2) is 44.9 Å². The zero-order valence-electron chi connectivity index (χ0n) is 18.4. The summed E-state index contributed by atoms with van der Waals surface area (Å²) >= 11 is 0. The second kappa shape index (κ2) is 10.8. The average Bonchev–Trinajstić information content (AvgIpc) is 2.88. The van der Waals surface area contributed by atoms with Gasteiger partial charge in [0.15, 0.2) is 0 Å². The second-order valence-electron chi connectivity index (χ2n) is 7.78. The SMILES string of the molecule is O=C(NCc1ccc(OCc2ccc(F)cc2)cc1)c1ccc(S(=O)(=O)N2CCOCC2)cc1. The average molecular weight is 485 g/mol. The lowest BCUT2D eigenvalue weighted by Gasteiger charge is -2.26. The zero-order valence-corrected chi connectivity index (χ0v) is 19.3. The van der Waals surface area contributed by atoms with Gasteiger partial charge in [0.1, 0.15) is 18.2 Å². The maximum absolute atomic E-state index is 13.0. The summed E-state index contributed by atoms with van der Waals surface area (Å²) in [6.45, 7) is 2.03. The molecule has 1 heterocycles. The van der Waals surface area contributed by atoms with Crippen molar-refractivity contribution >= 4 is 15.9 Å². The number of amides is 1. The molecule has 3 aromatic carbocycles. The third-order valence-corrected chi connectivity index (χ3v) is 7.33. The molecular weight excluding hydrogens is 459 g/mol. The highest BCUT2D eigenvalue weighted by Gasteiger charge is 2.26. The number of halogens is 1. The van der Waals surface area contributed by atoms with Crippen molar-refractivity contribution < 1.29 is 27.1 Å². The maximum atomic E-state index is 13.0. The Morgan fingerprint density at radius 3 is 2.18 bits per heavy atom. The van der Waals surface area contributed by atoms with Crippen LogP contribution in [-0.2, 0) is 27.9 Å². The van der Waals surface area contributed by atoms with Crippen molar-refractivity contribution in [2.24, 2.45) is 0 Å². The van der Waals surface area contributed by atoms with Gasteiger partial charge < -0.3 is 14.8 Å². The summed E-state index contributed by atoms with van der Waals surface area (Å²) in [5, 5.41) is 2.83. The number of morpholine rings is 1. The van der Waals surface area contributed by atoms with Crippen molar-refractivity contribution in [2.75, 3.05) is 26.3 Å². The van der Waals surface area contributed by atoms with Crippen LogP contribution in [0.15, 0.2) is 77.7 Å². The largest absolute Gasteiger partial charge is 0.489 e. The first kappa shape index (κ1) is 23.9. The Morgan fingerprint density at radius 2 is 1.53 bits per heavy atom. The molecule has 0 radical (unpaired) electrons. The van der Waals surface area contributed by atoms with Crippen LogP contribution in [0.2, 0.25) is 0 Å².